The number of aromatic nitrogens is 2. The monoisotopic (exact) mass is 342 g/mol. The van der Waals surface area contributed by atoms with Crippen molar-refractivity contribution < 1.29 is 4.92 Å². The largest absolute Gasteiger partial charge is 0.376 e. The summed E-state index contributed by atoms with van der Waals surface area (Å²) in [6.07, 6.45) is 3.41. The number of nitro groups is 1. The van der Waals surface area contributed by atoms with Crippen molar-refractivity contribution in [2.75, 3.05) is 4.90 Å². The highest BCUT2D eigenvalue weighted by molar-refractivity contribution is 7.07. The van der Waals surface area contributed by atoms with E-state index >= 15 is 0 Å². The molecule has 0 saturated heterocycles. The number of anilines is 1. The van der Waals surface area contributed by atoms with Crippen LogP contribution in [0.25, 0.3) is 5.65 Å². The Morgan fingerprint density at radius 1 is 1.38 bits per heavy atom. The van der Waals surface area contributed by atoms with Crippen LogP contribution in [0.1, 0.15) is 18.4 Å². The first kappa shape index (κ1) is 14.8. The predicted molar refractivity (Wildman–Crippen MR) is 91.6 cm³/mol. The molecule has 0 radical (unpaired) electrons. The van der Waals surface area contributed by atoms with Crippen molar-refractivity contribution in [1.82, 2.24) is 9.38 Å². The van der Waals surface area contributed by atoms with E-state index in [2.05, 4.69) is 4.98 Å². The smallest absolute Gasteiger partial charge is 0.343 e. The summed E-state index contributed by atoms with van der Waals surface area (Å²) in [6, 6.07) is 7.28. The van der Waals surface area contributed by atoms with Gasteiger partial charge in [0.2, 0.25) is 5.82 Å². The number of thiophene rings is 1. The second kappa shape index (κ2) is 5.72. The van der Waals surface area contributed by atoms with E-state index in [4.69, 9.17) is 0 Å². The van der Waals surface area contributed by atoms with Crippen molar-refractivity contribution in [3.63, 3.8) is 0 Å². The molecule has 1 saturated carbocycles. The fourth-order valence-electron chi connectivity index (χ4n) is 2.77. The Kier molecular flexibility index (Phi) is 3.53. The quantitative estimate of drug-likeness (QED) is 0.526. The van der Waals surface area contributed by atoms with Crippen molar-refractivity contribution in [1.29, 1.82) is 0 Å². The van der Waals surface area contributed by atoms with Gasteiger partial charge in [0.05, 0.1) is 4.92 Å². The minimum Gasteiger partial charge on any atom is -0.343 e. The summed E-state index contributed by atoms with van der Waals surface area (Å²) < 4.78 is 1.22. The SMILES string of the molecule is O=c1c([N+](=O)[O-])c(N(Cc2ccsc2)C2CC2)nc2ccccn12. The molecule has 0 atom stereocenters. The van der Waals surface area contributed by atoms with Crippen molar-refractivity contribution in [2.24, 2.45) is 0 Å². The van der Waals surface area contributed by atoms with Crippen LogP contribution in [-0.2, 0) is 6.54 Å². The molecule has 0 spiro atoms. The van der Waals surface area contributed by atoms with E-state index in [0.29, 0.717) is 12.2 Å². The molecule has 4 rings (SSSR count). The highest BCUT2D eigenvalue weighted by Gasteiger charge is 2.36. The number of rotatable bonds is 5. The number of hydrogen-bond acceptors (Lipinski definition) is 6. The third kappa shape index (κ3) is 2.54. The molecule has 0 N–H and O–H groups in total. The van der Waals surface area contributed by atoms with Gasteiger partial charge in [0, 0.05) is 18.8 Å². The molecule has 0 amide bonds. The van der Waals surface area contributed by atoms with Gasteiger partial charge in [-0.2, -0.15) is 11.3 Å². The van der Waals surface area contributed by atoms with Crippen molar-refractivity contribution in [3.8, 4) is 0 Å². The van der Waals surface area contributed by atoms with E-state index in [-0.39, 0.29) is 11.9 Å². The van der Waals surface area contributed by atoms with Crippen LogP contribution in [0.3, 0.4) is 0 Å². The molecule has 3 aromatic rings. The second-order valence-electron chi connectivity index (χ2n) is 5.77. The summed E-state index contributed by atoms with van der Waals surface area (Å²) >= 11 is 1.58. The minimum atomic E-state index is -0.642. The van der Waals surface area contributed by atoms with E-state index in [1.165, 1.54) is 10.6 Å². The lowest BCUT2D eigenvalue weighted by Gasteiger charge is -2.22. The van der Waals surface area contributed by atoms with Crippen LogP contribution in [0, 0.1) is 10.1 Å². The molecule has 0 aliphatic heterocycles. The Labute approximate surface area is 141 Å². The molecule has 0 unspecified atom stereocenters. The zero-order valence-corrected chi connectivity index (χ0v) is 13.5. The summed E-state index contributed by atoms with van der Waals surface area (Å²) in [5.74, 6) is 0.171. The van der Waals surface area contributed by atoms with Gasteiger partial charge >= 0.3 is 11.2 Å². The summed E-state index contributed by atoms with van der Waals surface area (Å²) in [5.41, 5.74) is 0.382. The average molecular weight is 342 g/mol. The van der Waals surface area contributed by atoms with Gasteiger partial charge in [-0.25, -0.2) is 4.98 Å². The molecular weight excluding hydrogens is 328 g/mol. The first-order valence-electron chi connectivity index (χ1n) is 7.58. The molecule has 7 nitrogen and oxygen atoms in total. The van der Waals surface area contributed by atoms with E-state index < -0.39 is 16.2 Å². The maximum absolute atomic E-state index is 12.6. The van der Waals surface area contributed by atoms with Gasteiger partial charge in [-0.3, -0.25) is 19.3 Å². The van der Waals surface area contributed by atoms with Gasteiger partial charge in [0.25, 0.3) is 0 Å². The normalized spacial score (nSPS) is 14.0. The lowest BCUT2D eigenvalue weighted by molar-refractivity contribution is -0.385. The first-order chi connectivity index (χ1) is 11.6. The maximum Gasteiger partial charge on any atom is 0.376 e. The van der Waals surface area contributed by atoms with Crippen LogP contribution in [0.5, 0.6) is 0 Å². The molecule has 122 valence electrons. The number of fused-ring (bicyclic) bond motifs is 1. The minimum absolute atomic E-state index is 0.171. The van der Waals surface area contributed by atoms with Gasteiger partial charge in [0.15, 0.2) is 0 Å². The molecule has 3 aromatic heterocycles. The van der Waals surface area contributed by atoms with E-state index in [0.717, 1.165) is 18.4 Å². The molecule has 8 heteroatoms. The van der Waals surface area contributed by atoms with Gasteiger partial charge in [0.1, 0.15) is 5.65 Å². The summed E-state index contributed by atoms with van der Waals surface area (Å²) in [4.78, 5) is 29.9. The summed E-state index contributed by atoms with van der Waals surface area (Å²) in [6.45, 7) is 0.518. The van der Waals surface area contributed by atoms with Crippen molar-refractivity contribution >= 4 is 28.5 Å². The van der Waals surface area contributed by atoms with E-state index in [9.17, 15) is 14.9 Å². The summed E-state index contributed by atoms with van der Waals surface area (Å²) in [7, 11) is 0. The predicted octanol–water partition coefficient (Wildman–Crippen LogP) is 2.83. The topological polar surface area (TPSA) is 80.8 Å². The van der Waals surface area contributed by atoms with Crippen LogP contribution in [0.15, 0.2) is 46.0 Å². The standard InChI is InChI=1S/C16H14N4O3S/c21-16-14(20(22)23)15(17-13-3-1-2-7-18(13)16)19(12-4-5-12)9-11-6-8-24-10-11/h1-3,6-8,10,12H,4-5,9H2. The molecule has 24 heavy (non-hydrogen) atoms. The average Bonchev–Trinajstić information content (AvgIpc) is 3.28. The molecule has 1 aliphatic rings. The Morgan fingerprint density at radius 2 is 2.21 bits per heavy atom. The van der Waals surface area contributed by atoms with Gasteiger partial charge in [-0.15, -0.1) is 0 Å². The van der Waals surface area contributed by atoms with E-state index in [1.54, 1.807) is 29.5 Å². The Morgan fingerprint density at radius 3 is 2.88 bits per heavy atom. The van der Waals surface area contributed by atoms with Crippen molar-refractivity contribution in [2.45, 2.75) is 25.4 Å². The van der Waals surface area contributed by atoms with Crippen LogP contribution >= 0.6 is 11.3 Å². The van der Waals surface area contributed by atoms with Gasteiger partial charge in [-0.05, 0) is 47.4 Å². The molecule has 1 aliphatic carbocycles. The van der Waals surface area contributed by atoms with Gasteiger partial charge in [-0.1, -0.05) is 6.07 Å². The fraction of sp³-hybridized carbons (Fsp3) is 0.250. The lowest BCUT2D eigenvalue weighted by Crippen LogP contribution is -2.30. The molecular formula is C16H14N4O3S. The Bertz CT molecular complexity index is 963. The van der Waals surface area contributed by atoms with Crippen LogP contribution in [0.4, 0.5) is 11.5 Å². The number of pyridine rings is 1. The summed E-state index contributed by atoms with van der Waals surface area (Å²) in [5, 5.41) is 15.5. The van der Waals surface area contributed by atoms with Crippen LogP contribution < -0.4 is 10.5 Å². The third-order valence-corrected chi connectivity index (χ3v) is 4.80. The first-order valence-corrected chi connectivity index (χ1v) is 8.53. The zero-order valence-electron chi connectivity index (χ0n) is 12.7. The van der Waals surface area contributed by atoms with Crippen molar-refractivity contribution in [3.05, 3.63) is 67.3 Å². The maximum atomic E-state index is 12.6. The number of nitrogens with zero attached hydrogens (tertiary/aromatic N) is 4. The lowest BCUT2D eigenvalue weighted by atomic mass is 10.3. The highest BCUT2D eigenvalue weighted by atomic mass is 32.1. The second-order valence-corrected chi connectivity index (χ2v) is 6.55. The molecule has 1 fully saturated rings. The van der Waals surface area contributed by atoms with Crippen LogP contribution in [-0.4, -0.2) is 20.3 Å². The Hall–Kier alpha value is -2.74. The number of hydrogen-bond donors (Lipinski definition) is 0. The van der Waals surface area contributed by atoms with Gasteiger partial charge < -0.3 is 4.90 Å². The highest BCUT2D eigenvalue weighted by Crippen LogP contribution is 2.35. The molecule has 0 aromatic carbocycles. The Balaban J connectivity index is 1.91. The van der Waals surface area contributed by atoms with Crippen LogP contribution in [0.2, 0.25) is 0 Å². The molecule has 0 bridgehead atoms. The zero-order chi connectivity index (χ0) is 16.7. The third-order valence-electron chi connectivity index (χ3n) is 4.07. The van der Waals surface area contributed by atoms with E-state index in [1.807, 2.05) is 21.7 Å². The fourth-order valence-corrected chi connectivity index (χ4v) is 3.43. The molecule has 3 heterocycles.